The number of halogens is 1. The highest BCUT2D eigenvalue weighted by Gasteiger charge is 2.00. The molecule has 0 bridgehead atoms. The Balaban J connectivity index is 3.14. The van der Waals surface area contributed by atoms with Gasteiger partial charge in [-0.1, -0.05) is 19.1 Å². The number of rotatable bonds is 1. The molecule has 0 fully saturated rings. The van der Waals surface area contributed by atoms with E-state index < -0.39 is 0 Å². The molecule has 0 heterocycles. The third-order valence-electron chi connectivity index (χ3n) is 1.45. The number of benzene rings is 1. The Morgan fingerprint density at radius 1 is 1.50 bits per heavy atom. The maximum absolute atomic E-state index is 12.7. The van der Waals surface area contributed by atoms with Gasteiger partial charge in [-0.25, -0.2) is 4.39 Å². The molecule has 0 aromatic heterocycles. The van der Waals surface area contributed by atoms with E-state index in [4.69, 9.17) is 0 Å². The van der Waals surface area contributed by atoms with Crippen LogP contribution in [0.15, 0.2) is 23.1 Å². The van der Waals surface area contributed by atoms with Gasteiger partial charge in [0.1, 0.15) is 5.82 Å². The zero-order valence-corrected chi connectivity index (χ0v) is 6.66. The monoisotopic (exact) mass is 156 g/mol. The predicted molar refractivity (Wildman–Crippen MR) is 43.0 cm³/mol. The van der Waals surface area contributed by atoms with E-state index in [9.17, 15) is 4.39 Å². The van der Waals surface area contributed by atoms with Gasteiger partial charge in [0, 0.05) is 4.90 Å². The summed E-state index contributed by atoms with van der Waals surface area (Å²) in [4.78, 5) is 0.477. The van der Waals surface area contributed by atoms with Crippen molar-refractivity contribution >= 4 is 12.6 Å². The Morgan fingerprint density at radius 2 is 2.20 bits per heavy atom. The third-order valence-corrected chi connectivity index (χ3v) is 1.95. The molecular formula is C8H9FS. The lowest BCUT2D eigenvalue weighted by Crippen LogP contribution is -1.85. The summed E-state index contributed by atoms with van der Waals surface area (Å²) in [5.41, 5.74) is 0.961. The first-order chi connectivity index (χ1) is 4.75. The number of aryl methyl sites for hydroxylation is 1. The van der Waals surface area contributed by atoms with Crippen LogP contribution in [0.25, 0.3) is 0 Å². The van der Waals surface area contributed by atoms with Gasteiger partial charge in [-0.2, -0.15) is 0 Å². The van der Waals surface area contributed by atoms with Gasteiger partial charge in [0.25, 0.3) is 0 Å². The molecule has 0 nitrogen and oxygen atoms in total. The lowest BCUT2D eigenvalue weighted by atomic mass is 10.2. The van der Waals surface area contributed by atoms with Gasteiger partial charge >= 0.3 is 0 Å². The SMILES string of the molecule is CCc1cccc(F)c1S. The minimum absolute atomic E-state index is 0.234. The second-order valence-electron chi connectivity index (χ2n) is 2.10. The van der Waals surface area contributed by atoms with Crippen molar-refractivity contribution in [3.63, 3.8) is 0 Å². The van der Waals surface area contributed by atoms with Crippen LogP contribution in [-0.2, 0) is 6.42 Å². The number of hydrogen-bond donors (Lipinski definition) is 1. The Hall–Kier alpha value is -0.500. The van der Waals surface area contributed by atoms with Gasteiger partial charge in [-0.05, 0) is 18.1 Å². The summed E-state index contributed by atoms with van der Waals surface area (Å²) in [5, 5.41) is 0. The molecule has 0 spiro atoms. The van der Waals surface area contributed by atoms with Crippen molar-refractivity contribution in [2.24, 2.45) is 0 Å². The Bertz CT molecular complexity index is 233. The van der Waals surface area contributed by atoms with E-state index in [2.05, 4.69) is 12.6 Å². The van der Waals surface area contributed by atoms with E-state index >= 15 is 0 Å². The number of thiol groups is 1. The molecule has 0 saturated carbocycles. The first-order valence-electron chi connectivity index (χ1n) is 3.22. The van der Waals surface area contributed by atoms with E-state index in [0.29, 0.717) is 4.90 Å². The van der Waals surface area contributed by atoms with Crippen LogP contribution in [0.5, 0.6) is 0 Å². The number of hydrogen-bond acceptors (Lipinski definition) is 1. The molecule has 0 aliphatic rings. The molecule has 54 valence electrons. The Morgan fingerprint density at radius 3 is 2.70 bits per heavy atom. The van der Waals surface area contributed by atoms with E-state index in [-0.39, 0.29) is 5.82 Å². The van der Waals surface area contributed by atoms with Crippen molar-refractivity contribution in [1.29, 1.82) is 0 Å². The van der Waals surface area contributed by atoms with Crippen LogP contribution in [-0.4, -0.2) is 0 Å². The van der Waals surface area contributed by atoms with Crippen LogP contribution >= 0.6 is 12.6 Å². The van der Waals surface area contributed by atoms with Crippen LogP contribution in [0.2, 0.25) is 0 Å². The first-order valence-corrected chi connectivity index (χ1v) is 3.66. The van der Waals surface area contributed by atoms with Gasteiger partial charge < -0.3 is 0 Å². The summed E-state index contributed by atoms with van der Waals surface area (Å²) in [6.07, 6.45) is 0.830. The van der Waals surface area contributed by atoms with Gasteiger partial charge in [0.15, 0.2) is 0 Å². The molecule has 0 saturated heterocycles. The predicted octanol–water partition coefficient (Wildman–Crippen LogP) is 2.68. The minimum Gasteiger partial charge on any atom is -0.206 e. The standard InChI is InChI=1S/C8H9FS/c1-2-6-4-3-5-7(9)8(6)10/h3-5,10H,2H2,1H3. The van der Waals surface area contributed by atoms with Crippen LogP contribution < -0.4 is 0 Å². The molecule has 0 unspecified atom stereocenters. The zero-order chi connectivity index (χ0) is 7.56. The van der Waals surface area contributed by atoms with Gasteiger partial charge in [0.2, 0.25) is 0 Å². The summed E-state index contributed by atoms with van der Waals surface area (Å²) in [6, 6.07) is 5.00. The molecule has 1 aromatic rings. The summed E-state index contributed by atoms with van der Waals surface area (Å²) >= 11 is 4.02. The maximum Gasteiger partial charge on any atom is 0.136 e. The fourth-order valence-corrected chi connectivity index (χ4v) is 1.15. The quantitative estimate of drug-likeness (QED) is 0.594. The molecule has 2 heteroatoms. The lowest BCUT2D eigenvalue weighted by molar-refractivity contribution is 0.598. The second-order valence-corrected chi connectivity index (χ2v) is 2.55. The first kappa shape index (κ1) is 7.61. The van der Waals surface area contributed by atoms with Crippen molar-refractivity contribution in [3.05, 3.63) is 29.6 Å². The molecular weight excluding hydrogens is 147 g/mol. The highest BCUT2D eigenvalue weighted by molar-refractivity contribution is 7.80. The summed E-state index contributed by atoms with van der Waals surface area (Å²) in [7, 11) is 0. The van der Waals surface area contributed by atoms with E-state index in [1.807, 2.05) is 13.0 Å². The van der Waals surface area contributed by atoms with Crippen LogP contribution in [0.1, 0.15) is 12.5 Å². The second kappa shape index (κ2) is 3.06. The Labute approximate surface area is 65.5 Å². The van der Waals surface area contributed by atoms with Gasteiger partial charge in [-0.3, -0.25) is 0 Å². The molecule has 0 aliphatic heterocycles. The van der Waals surface area contributed by atoms with Gasteiger partial charge in [0.05, 0.1) is 0 Å². The maximum atomic E-state index is 12.7. The van der Waals surface area contributed by atoms with Crippen LogP contribution in [0.3, 0.4) is 0 Å². The molecule has 0 radical (unpaired) electrons. The van der Waals surface area contributed by atoms with Gasteiger partial charge in [-0.15, -0.1) is 12.6 Å². The Kier molecular flexibility index (Phi) is 2.33. The van der Waals surface area contributed by atoms with E-state index in [0.717, 1.165) is 12.0 Å². The average Bonchev–Trinajstić information content (AvgIpc) is 1.95. The van der Waals surface area contributed by atoms with Crippen molar-refractivity contribution in [2.45, 2.75) is 18.2 Å². The normalized spacial score (nSPS) is 9.90. The summed E-state index contributed by atoms with van der Waals surface area (Å²) < 4.78 is 12.7. The summed E-state index contributed by atoms with van der Waals surface area (Å²) in [5.74, 6) is -0.234. The van der Waals surface area contributed by atoms with Crippen LogP contribution in [0, 0.1) is 5.82 Å². The van der Waals surface area contributed by atoms with Crippen molar-refractivity contribution in [3.8, 4) is 0 Å². The average molecular weight is 156 g/mol. The topological polar surface area (TPSA) is 0 Å². The molecule has 0 atom stereocenters. The summed E-state index contributed by atoms with van der Waals surface area (Å²) in [6.45, 7) is 1.98. The molecule has 1 rings (SSSR count). The van der Waals surface area contributed by atoms with E-state index in [1.165, 1.54) is 6.07 Å². The fraction of sp³-hybridized carbons (Fsp3) is 0.250. The van der Waals surface area contributed by atoms with Crippen molar-refractivity contribution in [2.75, 3.05) is 0 Å². The van der Waals surface area contributed by atoms with E-state index in [1.54, 1.807) is 6.07 Å². The highest BCUT2D eigenvalue weighted by Crippen LogP contribution is 2.17. The molecule has 0 aliphatic carbocycles. The lowest BCUT2D eigenvalue weighted by Gasteiger charge is -2.00. The molecule has 0 N–H and O–H groups in total. The van der Waals surface area contributed by atoms with Crippen LogP contribution in [0.4, 0.5) is 4.39 Å². The highest BCUT2D eigenvalue weighted by atomic mass is 32.1. The third kappa shape index (κ3) is 1.32. The largest absolute Gasteiger partial charge is 0.206 e. The smallest absolute Gasteiger partial charge is 0.136 e. The van der Waals surface area contributed by atoms with Crippen molar-refractivity contribution < 1.29 is 4.39 Å². The van der Waals surface area contributed by atoms with Crippen molar-refractivity contribution in [1.82, 2.24) is 0 Å². The fourth-order valence-electron chi connectivity index (χ4n) is 0.845. The molecule has 10 heavy (non-hydrogen) atoms. The molecule has 1 aromatic carbocycles. The minimum atomic E-state index is -0.234. The zero-order valence-electron chi connectivity index (χ0n) is 5.76. The molecule has 0 amide bonds.